The lowest BCUT2D eigenvalue weighted by Crippen LogP contribution is -2.63. The molecule has 6 rings (SSSR count). The third-order valence-corrected chi connectivity index (χ3v) is 14.3. The molecule has 262 valence electrons. The van der Waals surface area contributed by atoms with E-state index in [9.17, 15) is 19.5 Å². The first-order valence-corrected chi connectivity index (χ1v) is 19.1. The van der Waals surface area contributed by atoms with Crippen molar-refractivity contribution in [1.29, 1.82) is 0 Å². The van der Waals surface area contributed by atoms with Gasteiger partial charge in [0, 0.05) is 12.8 Å². The van der Waals surface area contributed by atoms with E-state index in [1.165, 1.54) is 38.5 Å². The molecule has 4 aliphatic carbocycles. The summed E-state index contributed by atoms with van der Waals surface area (Å²) >= 11 is 0. The Morgan fingerprint density at radius 3 is 2.43 bits per heavy atom. The van der Waals surface area contributed by atoms with Gasteiger partial charge in [0.25, 0.3) is 0 Å². The van der Waals surface area contributed by atoms with Gasteiger partial charge in [0.1, 0.15) is 24.4 Å². The molecule has 1 N–H and O–H groups in total. The average molecular weight is 653 g/mol. The summed E-state index contributed by atoms with van der Waals surface area (Å²) in [6.45, 7) is 11.0. The third kappa shape index (κ3) is 5.98. The smallest absolute Gasteiger partial charge is 0.337 e. The first-order chi connectivity index (χ1) is 22.5. The average Bonchev–Trinajstić information content (AvgIpc) is 3.68. The number of carbonyl (C=O) groups is 3. The number of epoxide rings is 1. The topological polar surface area (TPSA) is 102 Å². The van der Waals surface area contributed by atoms with Gasteiger partial charge in [0.05, 0.1) is 17.1 Å². The number of aliphatic hydroxyl groups excluding tert-OH is 1. The molecule has 0 unspecified atom stereocenters. The van der Waals surface area contributed by atoms with Gasteiger partial charge < -0.3 is 19.3 Å². The summed E-state index contributed by atoms with van der Waals surface area (Å²) in [5, 5.41) is 11.0. The van der Waals surface area contributed by atoms with E-state index in [1.54, 1.807) is 12.2 Å². The molecule has 11 atom stereocenters. The van der Waals surface area contributed by atoms with Crippen LogP contribution in [0.25, 0.3) is 0 Å². The van der Waals surface area contributed by atoms with Crippen molar-refractivity contribution >= 4 is 17.7 Å². The van der Waals surface area contributed by atoms with Crippen LogP contribution in [0.15, 0.2) is 23.3 Å². The van der Waals surface area contributed by atoms with Crippen molar-refractivity contribution in [1.82, 2.24) is 0 Å². The summed E-state index contributed by atoms with van der Waals surface area (Å²) in [4.78, 5) is 39.1. The van der Waals surface area contributed by atoms with Gasteiger partial charge in [-0.2, -0.15) is 0 Å². The molecule has 1 spiro atoms. The molecule has 7 nitrogen and oxygen atoms in total. The number of ketones is 1. The highest BCUT2D eigenvalue weighted by molar-refractivity contribution is 5.98. The zero-order valence-corrected chi connectivity index (χ0v) is 29.7. The fourth-order valence-electron chi connectivity index (χ4n) is 11.5. The summed E-state index contributed by atoms with van der Waals surface area (Å²) in [7, 11) is 0. The lowest BCUT2D eigenvalue weighted by molar-refractivity contribution is -0.156. The zero-order valence-electron chi connectivity index (χ0n) is 29.7. The number of cyclic esters (lactones) is 1. The van der Waals surface area contributed by atoms with Crippen molar-refractivity contribution in [3.05, 3.63) is 23.3 Å². The number of fused-ring (bicyclic) bond motifs is 4. The van der Waals surface area contributed by atoms with E-state index in [0.717, 1.165) is 56.9 Å². The van der Waals surface area contributed by atoms with Crippen LogP contribution in [0.4, 0.5) is 0 Å². The van der Waals surface area contributed by atoms with Gasteiger partial charge in [0.15, 0.2) is 5.78 Å². The van der Waals surface area contributed by atoms with E-state index >= 15 is 0 Å². The molecule has 2 heterocycles. The highest BCUT2D eigenvalue weighted by Gasteiger charge is 2.80. The molecular formula is C40H60O7. The third-order valence-electron chi connectivity index (χ3n) is 14.3. The van der Waals surface area contributed by atoms with Crippen LogP contribution < -0.4 is 0 Å². The number of carbonyl (C=O) groups excluding carboxylic acids is 3. The highest BCUT2D eigenvalue weighted by Crippen LogP contribution is 2.73. The Morgan fingerprint density at radius 2 is 1.72 bits per heavy atom. The number of ether oxygens (including phenoxy) is 3. The standard InChI is InChI=1S/C40H60O7/c1-6-7-8-9-10-11-12-13-14-15-36(43)45-24-28-25(2)22-32(46-37(28)44)26(3)29-16-17-30-27-23-35-40(47-35)34(42)19-18-33(41)39(40,5)31(27)20-21-38(29,30)4/h18-19,26-27,29-32,34-35,42H,6-17,20-24H2,1-5H3/t26-,27-,29+,30-,31-,32+,34-,35+,38+,39-,40+/m0/s1. The van der Waals surface area contributed by atoms with Crippen LogP contribution in [-0.2, 0) is 28.6 Å². The minimum atomic E-state index is -0.738. The molecule has 4 fully saturated rings. The maximum atomic E-state index is 13.5. The summed E-state index contributed by atoms with van der Waals surface area (Å²) in [6, 6.07) is 0. The molecule has 2 aliphatic heterocycles. The zero-order chi connectivity index (χ0) is 33.6. The number of rotatable bonds is 14. The van der Waals surface area contributed by atoms with Crippen molar-refractivity contribution < 1.29 is 33.7 Å². The van der Waals surface area contributed by atoms with Gasteiger partial charge in [-0.1, -0.05) is 77.7 Å². The predicted octanol–water partition coefficient (Wildman–Crippen LogP) is 7.82. The van der Waals surface area contributed by atoms with Gasteiger partial charge in [-0.05, 0) is 99.5 Å². The van der Waals surface area contributed by atoms with Gasteiger partial charge in [-0.3, -0.25) is 9.59 Å². The van der Waals surface area contributed by atoms with Crippen LogP contribution >= 0.6 is 0 Å². The largest absolute Gasteiger partial charge is 0.461 e. The fraction of sp³-hybridized carbons (Fsp3) is 0.825. The Labute approximate surface area is 282 Å². The molecular weight excluding hydrogens is 592 g/mol. The van der Waals surface area contributed by atoms with Gasteiger partial charge in [-0.15, -0.1) is 0 Å². The maximum Gasteiger partial charge on any atom is 0.337 e. The monoisotopic (exact) mass is 652 g/mol. The Bertz CT molecular complexity index is 1270. The minimum absolute atomic E-state index is 0.000415. The van der Waals surface area contributed by atoms with Crippen LogP contribution in [0.2, 0.25) is 0 Å². The molecule has 0 bridgehead atoms. The van der Waals surface area contributed by atoms with Crippen molar-refractivity contribution in [2.75, 3.05) is 6.61 Å². The summed E-state index contributed by atoms with van der Waals surface area (Å²) in [5.74, 6) is 1.26. The van der Waals surface area contributed by atoms with Crippen LogP contribution in [0, 0.1) is 40.4 Å². The number of unbranched alkanes of at least 4 members (excludes halogenated alkanes) is 8. The maximum absolute atomic E-state index is 13.5. The van der Waals surface area contributed by atoms with Crippen molar-refractivity contribution in [3.63, 3.8) is 0 Å². The second kappa shape index (κ2) is 13.7. The highest BCUT2D eigenvalue weighted by atomic mass is 16.6. The molecule has 0 amide bonds. The van der Waals surface area contributed by atoms with E-state index < -0.39 is 17.1 Å². The Balaban J connectivity index is 1.01. The summed E-state index contributed by atoms with van der Waals surface area (Å²) in [6.07, 6.45) is 19.3. The number of hydrogen-bond acceptors (Lipinski definition) is 7. The van der Waals surface area contributed by atoms with E-state index in [0.29, 0.717) is 36.2 Å². The number of allylic oxidation sites excluding steroid dienone is 1. The molecule has 6 aliphatic rings. The SMILES string of the molecule is CCCCCCCCCCCC(=O)OCC1=C(C)C[C@H]([C@@H](C)[C@H]2CC[C@H]3[C@@H]4C[C@H]5O[C@]56[C@@H](O)C=CC(=O)[C@]6(C)[C@H]4CC[C@]23C)OC1=O. The van der Waals surface area contributed by atoms with Gasteiger partial charge in [0.2, 0.25) is 0 Å². The molecule has 0 radical (unpaired) electrons. The summed E-state index contributed by atoms with van der Waals surface area (Å²) < 4.78 is 18.0. The van der Waals surface area contributed by atoms with Gasteiger partial charge >= 0.3 is 11.9 Å². The van der Waals surface area contributed by atoms with Crippen molar-refractivity contribution in [2.45, 2.75) is 161 Å². The molecule has 7 heteroatoms. The van der Waals surface area contributed by atoms with E-state index in [1.807, 2.05) is 6.92 Å². The number of esters is 2. The Morgan fingerprint density at radius 1 is 1.02 bits per heavy atom. The number of hydrogen-bond donors (Lipinski definition) is 1. The Hall–Kier alpha value is -1.99. The van der Waals surface area contributed by atoms with E-state index in [4.69, 9.17) is 14.2 Å². The molecule has 0 aromatic carbocycles. The lowest BCUT2D eigenvalue weighted by atomic mass is 9.44. The van der Waals surface area contributed by atoms with Crippen molar-refractivity contribution in [2.24, 2.45) is 40.4 Å². The summed E-state index contributed by atoms with van der Waals surface area (Å²) in [5.41, 5.74) is 0.170. The molecule has 3 saturated carbocycles. The Kier molecular flexibility index (Phi) is 10.2. The van der Waals surface area contributed by atoms with Crippen LogP contribution in [-0.4, -0.2) is 53.3 Å². The molecule has 47 heavy (non-hydrogen) atoms. The van der Waals surface area contributed by atoms with Crippen LogP contribution in [0.3, 0.4) is 0 Å². The lowest BCUT2D eigenvalue weighted by Gasteiger charge is -2.58. The number of aliphatic hydroxyl groups is 1. The first kappa shape index (κ1) is 34.9. The normalized spacial score (nSPS) is 41.0. The molecule has 1 saturated heterocycles. The first-order valence-electron chi connectivity index (χ1n) is 19.1. The van der Waals surface area contributed by atoms with Crippen LogP contribution in [0.5, 0.6) is 0 Å². The quantitative estimate of drug-likeness (QED) is 0.116. The second-order valence-corrected chi connectivity index (χ2v) is 16.6. The van der Waals surface area contributed by atoms with Gasteiger partial charge in [-0.25, -0.2) is 4.79 Å². The van der Waals surface area contributed by atoms with E-state index in [2.05, 4.69) is 27.7 Å². The molecule has 0 aromatic rings. The minimum Gasteiger partial charge on any atom is -0.461 e. The van der Waals surface area contributed by atoms with Crippen LogP contribution in [0.1, 0.15) is 137 Å². The predicted molar refractivity (Wildman–Crippen MR) is 180 cm³/mol. The molecule has 0 aromatic heterocycles. The van der Waals surface area contributed by atoms with E-state index in [-0.39, 0.29) is 53.8 Å². The second-order valence-electron chi connectivity index (χ2n) is 16.6. The fourth-order valence-corrected chi connectivity index (χ4v) is 11.5. The van der Waals surface area contributed by atoms with Crippen molar-refractivity contribution in [3.8, 4) is 0 Å².